The summed E-state index contributed by atoms with van der Waals surface area (Å²) in [6.07, 6.45) is 4.62. The first-order chi connectivity index (χ1) is 9.86. The van der Waals surface area contributed by atoms with E-state index in [0.29, 0.717) is 18.0 Å². The molecule has 0 atom stereocenters. The molecule has 1 aliphatic rings. The third kappa shape index (κ3) is 4.05. The molecule has 0 spiro atoms. The molecule has 5 heteroatoms. The molecule has 1 fully saturated rings. The predicted molar refractivity (Wildman–Crippen MR) is 85.7 cm³/mol. The van der Waals surface area contributed by atoms with Gasteiger partial charge in [0.1, 0.15) is 0 Å². The fourth-order valence-electron chi connectivity index (χ4n) is 2.95. The zero-order valence-corrected chi connectivity index (χ0v) is 14.0. The van der Waals surface area contributed by atoms with Crippen LogP contribution in [0.25, 0.3) is 0 Å². The van der Waals surface area contributed by atoms with E-state index in [1.54, 1.807) is 12.1 Å². The number of aryl methyl sites for hydroxylation is 1. The van der Waals surface area contributed by atoms with E-state index in [4.69, 9.17) is 0 Å². The van der Waals surface area contributed by atoms with E-state index in [-0.39, 0.29) is 5.41 Å². The van der Waals surface area contributed by atoms with Gasteiger partial charge in [0.05, 0.1) is 4.90 Å². The van der Waals surface area contributed by atoms with Gasteiger partial charge in [-0.2, -0.15) is 0 Å². The van der Waals surface area contributed by atoms with Crippen LogP contribution in [0.4, 0.5) is 0 Å². The van der Waals surface area contributed by atoms with Crippen LogP contribution in [0.1, 0.15) is 43.7 Å². The lowest BCUT2D eigenvalue weighted by atomic mass is 9.89. The van der Waals surface area contributed by atoms with Gasteiger partial charge in [0.15, 0.2) is 0 Å². The zero-order valence-electron chi connectivity index (χ0n) is 13.2. The molecule has 0 radical (unpaired) electrons. The molecule has 1 saturated carbocycles. The topological polar surface area (TPSA) is 58.2 Å². The second-order valence-electron chi connectivity index (χ2n) is 6.46. The summed E-state index contributed by atoms with van der Waals surface area (Å²) in [6.45, 7) is 5.37. The van der Waals surface area contributed by atoms with Crippen molar-refractivity contribution in [3.63, 3.8) is 0 Å². The smallest absolute Gasteiger partial charge is 0.240 e. The Labute approximate surface area is 128 Å². The van der Waals surface area contributed by atoms with E-state index in [0.717, 1.165) is 24.0 Å². The van der Waals surface area contributed by atoms with Crippen LogP contribution in [0.15, 0.2) is 23.1 Å². The first kappa shape index (κ1) is 16.5. The molecule has 0 unspecified atom stereocenters. The van der Waals surface area contributed by atoms with Gasteiger partial charge in [0.25, 0.3) is 0 Å². The van der Waals surface area contributed by atoms with Crippen LogP contribution < -0.4 is 10.0 Å². The van der Waals surface area contributed by atoms with Gasteiger partial charge in [-0.15, -0.1) is 0 Å². The van der Waals surface area contributed by atoms with E-state index in [2.05, 4.69) is 17.0 Å². The maximum atomic E-state index is 12.5. The number of nitrogens with one attached hydrogen (secondary N) is 2. The van der Waals surface area contributed by atoms with Gasteiger partial charge in [0.2, 0.25) is 10.0 Å². The Hall–Kier alpha value is -0.910. The molecule has 4 nitrogen and oxygen atoms in total. The van der Waals surface area contributed by atoms with E-state index in [1.807, 2.05) is 20.0 Å². The van der Waals surface area contributed by atoms with Gasteiger partial charge in [0, 0.05) is 13.1 Å². The van der Waals surface area contributed by atoms with Crippen molar-refractivity contribution < 1.29 is 8.42 Å². The van der Waals surface area contributed by atoms with Crippen LogP contribution in [-0.2, 0) is 16.6 Å². The van der Waals surface area contributed by atoms with E-state index >= 15 is 0 Å². The van der Waals surface area contributed by atoms with Crippen LogP contribution in [0, 0.1) is 12.3 Å². The van der Waals surface area contributed by atoms with Crippen molar-refractivity contribution in [1.29, 1.82) is 0 Å². The third-order valence-electron chi connectivity index (χ3n) is 4.50. The minimum absolute atomic E-state index is 0.117. The maximum Gasteiger partial charge on any atom is 0.240 e. The molecule has 1 aromatic carbocycles. The minimum atomic E-state index is -3.42. The number of benzene rings is 1. The van der Waals surface area contributed by atoms with Crippen molar-refractivity contribution in [3.8, 4) is 0 Å². The summed E-state index contributed by atoms with van der Waals surface area (Å²) < 4.78 is 27.7. The fourth-order valence-corrected chi connectivity index (χ4v) is 4.20. The zero-order chi connectivity index (χ0) is 15.5. The highest BCUT2D eigenvalue weighted by Crippen LogP contribution is 2.37. The molecule has 2 rings (SSSR count). The number of hydrogen-bond donors (Lipinski definition) is 2. The van der Waals surface area contributed by atoms with Crippen LogP contribution in [-0.4, -0.2) is 22.0 Å². The molecule has 118 valence electrons. The Balaban J connectivity index is 2.13. The molecule has 1 aromatic rings. The molecule has 0 aromatic heterocycles. The van der Waals surface area contributed by atoms with Gasteiger partial charge >= 0.3 is 0 Å². The highest BCUT2D eigenvalue weighted by Gasteiger charge is 2.30. The molecule has 0 amide bonds. The Morgan fingerprint density at radius 3 is 2.52 bits per heavy atom. The molecular formula is C16H26N2O2S. The van der Waals surface area contributed by atoms with Gasteiger partial charge in [-0.05, 0) is 55.5 Å². The highest BCUT2D eigenvalue weighted by molar-refractivity contribution is 7.89. The molecule has 1 aliphatic carbocycles. The third-order valence-corrected chi connectivity index (χ3v) is 5.90. The van der Waals surface area contributed by atoms with Crippen molar-refractivity contribution >= 4 is 10.0 Å². The van der Waals surface area contributed by atoms with Crippen LogP contribution >= 0.6 is 0 Å². The summed E-state index contributed by atoms with van der Waals surface area (Å²) in [6, 6.07) is 5.33. The summed E-state index contributed by atoms with van der Waals surface area (Å²) in [4.78, 5) is 0.361. The molecule has 0 aliphatic heterocycles. The second kappa shape index (κ2) is 6.46. The van der Waals surface area contributed by atoms with Crippen molar-refractivity contribution in [2.45, 2.75) is 51.0 Å². The SMILES string of the molecule is CNCc1cc(S(=O)(=O)NCC2(C)CCCC2)ccc1C. The molecule has 0 saturated heterocycles. The Kier molecular flexibility index (Phi) is 5.07. The van der Waals surface area contributed by atoms with Gasteiger partial charge in [-0.3, -0.25) is 0 Å². The van der Waals surface area contributed by atoms with Crippen LogP contribution in [0.2, 0.25) is 0 Å². The highest BCUT2D eigenvalue weighted by atomic mass is 32.2. The van der Waals surface area contributed by atoms with Crippen LogP contribution in [0.5, 0.6) is 0 Å². The lowest BCUT2D eigenvalue weighted by Crippen LogP contribution is -2.34. The fraction of sp³-hybridized carbons (Fsp3) is 0.625. The summed E-state index contributed by atoms with van der Waals surface area (Å²) >= 11 is 0. The van der Waals surface area contributed by atoms with Crippen molar-refractivity contribution in [2.24, 2.45) is 5.41 Å². The van der Waals surface area contributed by atoms with Gasteiger partial charge in [-0.25, -0.2) is 13.1 Å². The molecule has 2 N–H and O–H groups in total. The monoisotopic (exact) mass is 310 g/mol. The lowest BCUT2D eigenvalue weighted by molar-refractivity contribution is 0.336. The molecule has 21 heavy (non-hydrogen) atoms. The normalized spacial score (nSPS) is 18.0. The predicted octanol–water partition coefficient (Wildman–Crippen LogP) is 2.57. The molecule has 0 bridgehead atoms. The first-order valence-corrected chi connectivity index (χ1v) is 9.08. The van der Waals surface area contributed by atoms with Gasteiger partial charge in [-0.1, -0.05) is 25.8 Å². The summed E-state index contributed by atoms with van der Waals surface area (Å²) in [5.74, 6) is 0. The van der Waals surface area contributed by atoms with Crippen molar-refractivity contribution in [3.05, 3.63) is 29.3 Å². The largest absolute Gasteiger partial charge is 0.316 e. The second-order valence-corrected chi connectivity index (χ2v) is 8.23. The molecular weight excluding hydrogens is 284 g/mol. The summed E-state index contributed by atoms with van der Waals surface area (Å²) in [5, 5.41) is 3.07. The van der Waals surface area contributed by atoms with Crippen LogP contribution in [0.3, 0.4) is 0 Å². The average Bonchev–Trinajstić information content (AvgIpc) is 2.87. The molecule has 0 heterocycles. The quantitative estimate of drug-likeness (QED) is 0.849. The van der Waals surface area contributed by atoms with Crippen molar-refractivity contribution in [2.75, 3.05) is 13.6 Å². The summed E-state index contributed by atoms with van der Waals surface area (Å²) in [7, 11) is -1.56. The minimum Gasteiger partial charge on any atom is -0.316 e. The van der Waals surface area contributed by atoms with E-state index in [1.165, 1.54) is 12.8 Å². The summed E-state index contributed by atoms with van der Waals surface area (Å²) in [5.41, 5.74) is 2.24. The average molecular weight is 310 g/mol. The number of hydrogen-bond acceptors (Lipinski definition) is 3. The van der Waals surface area contributed by atoms with Crippen molar-refractivity contribution in [1.82, 2.24) is 10.0 Å². The Bertz CT molecular complexity index is 590. The number of sulfonamides is 1. The Morgan fingerprint density at radius 2 is 1.90 bits per heavy atom. The van der Waals surface area contributed by atoms with Gasteiger partial charge < -0.3 is 5.32 Å². The maximum absolute atomic E-state index is 12.5. The Morgan fingerprint density at radius 1 is 1.24 bits per heavy atom. The van der Waals surface area contributed by atoms with E-state index in [9.17, 15) is 8.42 Å². The van der Waals surface area contributed by atoms with E-state index < -0.39 is 10.0 Å². The standard InChI is InChI=1S/C16H26N2O2S/c1-13-6-7-15(10-14(13)11-17-3)21(19,20)18-12-16(2)8-4-5-9-16/h6-7,10,17-18H,4-5,8-9,11-12H2,1-3H3. The lowest BCUT2D eigenvalue weighted by Gasteiger charge is -2.23. The first-order valence-electron chi connectivity index (χ1n) is 7.60. The number of rotatable bonds is 6.